The predicted molar refractivity (Wildman–Crippen MR) is 86.1 cm³/mol. The van der Waals surface area contributed by atoms with E-state index in [1.807, 2.05) is 6.92 Å². The molecule has 0 aliphatic carbocycles. The van der Waals surface area contributed by atoms with Gasteiger partial charge in [0.25, 0.3) is 5.91 Å². The zero-order valence-corrected chi connectivity index (χ0v) is 13.5. The van der Waals surface area contributed by atoms with E-state index in [9.17, 15) is 14.4 Å². The van der Waals surface area contributed by atoms with Crippen molar-refractivity contribution >= 4 is 38.7 Å². The lowest BCUT2D eigenvalue weighted by Gasteiger charge is -2.20. The Morgan fingerprint density at radius 3 is 2.68 bits per heavy atom. The van der Waals surface area contributed by atoms with E-state index in [-0.39, 0.29) is 5.56 Å². The van der Waals surface area contributed by atoms with Gasteiger partial charge in [-0.05, 0) is 24.6 Å². The van der Waals surface area contributed by atoms with Gasteiger partial charge in [0, 0.05) is 28.0 Å². The molecule has 2 aromatic rings. The molecule has 0 aliphatic heterocycles. The minimum Gasteiger partial charge on any atom is -0.480 e. The van der Waals surface area contributed by atoms with E-state index in [4.69, 9.17) is 5.11 Å². The van der Waals surface area contributed by atoms with Crippen molar-refractivity contribution < 1.29 is 14.7 Å². The second-order valence-corrected chi connectivity index (χ2v) is 5.77. The van der Waals surface area contributed by atoms with Gasteiger partial charge in [-0.2, -0.15) is 0 Å². The number of carbonyl (C=O) groups excluding carboxylic acids is 1. The number of benzene rings is 1. The largest absolute Gasteiger partial charge is 0.480 e. The number of amides is 1. The van der Waals surface area contributed by atoms with E-state index in [1.54, 1.807) is 18.2 Å². The van der Waals surface area contributed by atoms with Gasteiger partial charge in [-0.25, -0.2) is 0 Å². The number of carbonyl (C=O) groups is 2. The molecule has 0 atom stereocenters. The first-order chi connectivity index (χ1) is 10.4. The number of nitrogens with one attached hydrogen (secondary N) is 1. The molecule has 1 aromatic carbocycles. The molecular weight excluding hydrogens is 352 g/mol. The Labute approximate surface area is 134 Å². The summed E-state index contributed by atoms with van der Waals surface area (Å²) in [6.45, 7) is 1.77. The van der Waals surface area contributed by atoms with Crippen molar-refractivity contribution in [3.63, 3.8) is 0 Å². The van der Waals surface area contributed by atoms with E-state index in [2.05, 4.69) is 20.9 Å². The highest BCUT2D eigenvalue weighted by Gasteiger charge is 2.20. The van der Waals surface area contributed by atoms with E-state index in [0.717, 1.165) is 4.47 Å². The van der Waals surface area contributed by atoms with Crippen LogP contribution in [0.4, 0.5) is 0 Å². The van der Waals surface area contributed by atoms with Crippen LogP contribution >= 0.6 is 15.9 Å². The highest BCUT2D eigenvalue weighted by molar-refractivity contribution is 9.10. The van der Waals surface area contributed by atoms with E-state index < -0.39 is 24.0 Å². The van der Waals surface area contributed by atoms with Gasteiger partial charge < -0.3 is 15.0 Å². The topological polar surface area (TPSA) is 90.5 Å². The number of carboxylic acids is 1. The molecule has 0 bridgehead atoms. The number of carboxylic acid groups (broad SMARTS) is 1. The van der Waals surface area contributed by atoms with Crippen molar-refractivity contribution in [1.29, 1.82) is 0 Å². The maximum atomic E-state index is 12.6. The minimum absolute atomic E-state index is 0.203. The average molecular weight is 367 g/mol. The summed E-state index contributed by atoms with van der Waals surface area (Å²) in [7, 11) is 0. The lowest BCUT2D eigenvalue weighted by molar-refractivity contribution is -0.137. The van der Waals surface area contributed by atoms with Gasteiger partial charge in [0.2, 0.25) is 5.56 Å². The summed E-state index contributed by atoms with van der Waals surface area (Å²) in [5.74, 6) is -1.55. The fourth-order valence-corrected chi connectivity index (χ4v) is 2.62. The number of pyridine rings is 1. The van der Waals surface area contributed by atoms with Gasteiger partial charge in [0.05, 0.1) is 5.56 Å². The molecule has 0 unspecified atom stereocenters. The zero-order chi connectivity index (χ0) is 16.3. The molecule has 0 spiro atoms. The molecule has 1 aromatic heterocycles. The van der Waals surface area contributed by atoms with Crippen LogP contribution in [0.15, 0.2) is 33.5 Å². The molecule has 116 valence electrons. The molecule has 1 heterocycles. The molecule has 0 aliphatic rings. The minimum atomic E-state index is -1.09. The summed E-state index contributed by atoms with van der Waals surface area (Å²) in [5, 5.41) is 9.52. The van der Waals surface area contributed by atoms with Gasteiger partial charge in [0.1, 0.15) is 6.54 Å². The maximum absolute atomic E-state index is 12.6. The Morgan fingerprint density at radius 2 is 2.05 bits per heavy atom. The van der Waals surface area contributed by atoms with Gasteiger partial charge in [-0.15, -0.1) is 0 Å². The zero-order valence-electron chi connectivity index (χ0n) is 11.9. The quantitative estimate of drug-likeness (QED) is 0.848. The van der Waals surface area contributed by atoms with Crippen molar-refractivity contribution in [3.8, 4) is 0 Å². The molecule has 7 heteroatoms. The van der Waals surface area contributed by atoms with Gasteiger partial charge in [-0.1, -0.05) is 22.9 Å². The van der Waals surface area contributed by atoms with Gasteiger partial charge >= 0.3 is 5.97 Å². The third-order valence-electron chi connectivity index (χ3n) is 3.14. The first kappa shape index (κ1) is 16.2. The van der Waals surface area contributed by atoms with Crippen LogP contribution in [0.25, 0.3) is 10.9 Å². The van der Waals surface area contributed by atoms with Crippen LogP contribution in [0.5, 0.6) is 0 Å². The maximum Gasteiger partial charge on any atom is 0.323 e. The highest BCUT2D eigenvalue weighted by Crippen LogP contribution is 2.21. The summed E-state index contributed by atoms with van der Waals surface area (Å²) in [6, 6.07) is 6.39. The Kier molecular flexibility index (Phi) is 4.97. The second kappa shape index (κ2) is 6.74. The molecule has 0 radical (unpaired) electrons. The number of aromatic nitrogens is 1. The standard InChI is InChI=1S/C15H15BrN2O4/c1-2-5-18(8-14(20)21)15(22)11-7-13(19)17-12-4-3-9(16)6-10(11)12/h3-4,6-7H,2,5,8H2,1H3,(H,17,19)(H,20,21). The Hall–Kier alpha value is -2.15. The Morgan fingerprint density at radius 1 is 1.32 bits per heavy atom. The smallest absolute Gasteiger partial charge is 0.323 e. The molecule has 0 fully saturated rings. The summed E-state index contributed by atoms with van der Waals surface area (Å²) in [4.78, 5) is 39.2. The lowest BCUT2D eigenvalue weighted by atomic mass is 10.1. The van der Waals surface area contributed by atoms with Crippen LogP contribution in [0, 0.1) is 0 Å². The number of rotatable bonds is 5. The van der Waals surface area contributed by atoms with Crippen LogP contribution in [0.2, 0.25) is 0 Å². The number of nitrogens with zero attached hydrogens (tertiary/aromatic N) is 1. The predicted octanol–water partition coefficient (Wildman–Crippen LogP) is 2.23. The summed E-state index contributed by atoms with van der Waals surface area (Å²) < 4.78 is 0.765. The first-order valence-corrected chi connectivity index (χ1v) is 7.55. The number of halogens is 1. The lowest BCUT2D eigenvalue weighted by Crippen LogP contribution is -2.36. The number of aliphatic carboxylic acids is 1. The van der Waals surface area contributed by atoms with Crippen molar-refractivity contribution in [2.24, 2.45) is 0 Å². The van der Waals surface area contributed by atoms with Gasteiger partial charge in [-0.3, -0.25) is 14.4 Å². The normalized spacial score (nSPS) is 10.6. The number of hydrogen-bond donors (Lipinski definition) is 2. The molecule has 6 nitrogen and oxygen atoms in total. The van der Waals surface area contributed by atoms with E-state index >= 15 is 0 Å². The SMILES string of the molecule is CCCN(CC(=O)O)C(=O)c1cc(=O)[nH]c2ccc(Br)cc12. The summed E-state index contributed by atoms with van der Waals surface area (Å²) in [6.07, 6.45) is 0.629. The molecule has 0 saturated heterocycles. The molecule has 1 amide bonds. The monoisotopic (exact) mass is 366 g/mol. The first-order valence-electron chi connectivity index (χ1n) is 6.76. The van der Waals surface area contributed by atoms with Crippen LogP contribution in [0.3, 0.4) is 0 Å². The number of H-pyrrole nitrogens is 1. The molecule has 2 rings (SSSR count). The third-order valence-corrected chi connectivity index (χ3v) is 3.64. The second-order valence-electron chi connectivity index (χ2n) is 4.86. The summed E-state index contributed by atoms with van der Waals surface area (Å²) >= 11 is 3.33. The molecule has 2 N–H and O–H groups in total. The van der Waals surface area contributed by atoms with Crippen LogP contribution < -0.4 is 5.56 Å². The Bertz CT molecular complexity index is 785. The van der Waals surface area contributed by atoms with Crippen molar-refractivity contribution in [3.05, 3.63) is 44.7 Å². The third kappa shape index (κ3) is 3.54. The fraction of sp³-hybridized carbons (Fsp3) is 0.267. The van der Waals surface area contributed by atoms with Crippen LogP contribution in [-0.4, -0.2) is 40.0 Å². The highest BCUT2D eigenvalue weighted by atomic mass is 79.9. The van der Waals surface area contributed by atoms with Crippen molar-refractivity contribution in [2.75, 3.05) is 13.1 Å². The number of fused-ring (bicyclic) bond motifs is 1. The summed E-state index contributed by atoms with van der Waals surface area (Å²) in [5.41, 5.74) is 0.338. The molecule has 0 saturated carbocycles. The molecular formula is C15H15BrN2O4. The van der Waals surface area contributed by atoms with Crippen LogP contribution in [-0.2, 0) is 4.79 Å². The van der Waals surface area contributed by atoms with Crippen molar-refractivity contribution in [2.45, 2.75) is 13.3 Å². The average Bonchev–Trinajstić information content (AvgIpc) is 2.45. The Balaban J connectivity index is 2.56. The fourth-order valence-electron chi connectivity index (χ4n) is 2.26. The molecule has 22 heavy (non-hydrogen) atoms. The van der Waals surface area contributed by atoms with Crippen LogP contribution in [0.1, 0.15) is 23.7 Å². The van der Waals surface area contributed by atoms with Crippen molar-refractivity contribution in [1.82, 2.24) is 9.88 Å². The number of hydrogen-bond acceptors (Lipinski definition) is 3. The van der Waals surface area contributed by atoms with E-state index in [1.165, 1.54) is 11.0 Å². The van der Waals surface area contributed by atoms with E-state index in [0.29, 0.717) is 23.9 Å². The van der Waals surface area contributed by atoms with Gasteiger partial charge in [0.15, 0.2) is 0 Å². The number of aromatic amines is 1.